The third kappa shape index (κ3) is 1.51. The summed E-state index contributed by atoms with van der Waals surface area (Å²) in [7, 11) is 0. The maximum atomic E-state index is 5.88. The summed E-state index contributed by atoms with van der Waals surface area (Å²) < 4.78 is 11.4. The highest BCUT2D eigenvalue weighted by molar-refractivity contribution is 5.56. The standard InChI is InChI=1S/C11H15N3O2/c1-7-10-11(13-8(2)12-7)14-3-4-15-6-9(5-14)16-10/h9H,3-6H2,1-2H3. The van der Waals surface area contributed by atoms with Crippen molar-refractivity contribution in [2.75, 3.05) is 31.2 Å². The first-order valence-corrected chi connectivity index (χ1v) is 5.58. The van der Waals surface area contributed by atoms with Crippen molar-refractivity contribution in [1.82, 2.24) is 9.97 Å². The van der Waals surface area contributed by atoms with Crippen LogP contribution in [0.1, 0.15) is 11.5 Å². The van der Waals surface area contributed by atoms with E-state index < -0.39 is 0 Å². The zero-order valence-corrected chi connectivity index (χ0v) is 9.56. The minimum atomic E-state index is 0.111. The normalized spacial score (nSPS) is 23.4. The molecular weight excluding hydrogens is 206 g/mol. The number of nitrogens with zero attached hydrogens (tertiary/aromatic N) is 3. The topological polar surface area (TPSA) is 47.5 Å². The van der Waals surface area contributed by atoms with Crippen molar-refractivity contribution in [2.45, 2.75) is 20.0 Å². The van der Waals surface area contributed by atoms with Crippen molar-refractivity contribution in [3.8, 4) is 5.75 Å². The highest BCUT2D eigenvalue weighted by Crippen LogP contribution is 2.34. The SMILES string of the molecule is Cc1nc(C)c2c(n1)N1CCOCC(C1)O2. The molecule has 1 unspecified atom stereocenters. The lowest BCUT2D eigenvalue weighted by Gasteiger charge is -2.32. The van der Waals surface area contributed by atoms with E-state index in [9.17, 15) is 0 Å². The zero-order chi connectivity index (χ0) is 11.1. The summed E-state index contributed by atoms with van der Waals surface area (Å²) in [6.45, 7) is 7.01. The van der Waals surface area contributed by atoms with Gasteiger partial charge in [-0.2, -0.15) is 0 Å². The molecule has 0 spiro atoms. The molecule has 16 heavy (non-hydrogen) atoms. The van der Waals surface area contributed by atoms with Crippen LogP contribution in [0.15, 0.2) is 0 Å². The summed E-state index contributed by atoms with van der Waals surface area (Å²) in [6.07, 6.45) is 0.111. The lowest BCUT2D eigenvalue weighted by molar-refractivity contribution is 0.0712. The Bertz CT molecular complexity index is 422. The molecule has 0 aliphatic carbocycles. The molecular formula is C11H15N3O2. The second-order valence-corrected chi connectivity index (χ2v) is 4.27. The fraction of sp³-hybridized carbons (Fsp3) is 0.636. The van der Waals surface area contributed by atoms with E-state index in [-0.39, 0.29) is 6.10 Å². The molecule has 5 nitrogen and oxygen atoms in total. The maximum Gasteiger partial charge on any atom is 0.183 e. The molecule has 1 aromatic heterocycles. The fourth-order valence-electron chi connectivity index (χ4n) is 2.25. The average molecular weight is 221 g/mol. The fourth-order valence-corrected chi connectivity index (χ4v) is 2.25. The summed E-state index contributed by atoms with van der Waals surface area (Å²) in [5, 5.41) is 0. The molecule has 0 amide bonds. The zero-order valence-electron chi connectivity index (χ0n) is 9.56. The molecule has 3 heterocycles. The van der Waals surface area contributed by atoms with E-state index in [0.29, 0.717) is 6.61 Å². The Labute approximate surface area is 94.4 Å². The Kier molecular flexibility index (Phi) is 2.21. The Morgan fingerprint density at radius 3 is 3.06 bits per heavy atom. The maximum absolute atomic E-state index is 5.88. The molecule has 1 fully saturated rings. The van der Waals surface area contributed by atoms with Crippen LogP contribution in [-0.2, 0) is 4.74 Å². The van der Waals surface area contributed by atoms with E-state index in [1.54, 1.807) is 0 Å². The van der Waals surface area contributed by atoms with Gasteiger partial charge in [0.15, 0.2) is 11.6 Å². The van der Waals surface area contributed by atoms with Crippen molar-refractivity contribution in [1.29, 1.82) is 0 Å². The number of fused-ring (bicyclic) bond motifs is 4. The number of rotatable bonds is 0. The number of aromatic nitrogens is 2. The van der Waals surface area contributed by atoms with Gasteiger partial charge < -0.3 is 14.4 Å². The van der Waals surface area contributed by atoms with E-state index in [4.69, 9.17) is 9.47 Å². The van der Waals surface area contributed by atoms with Crippen LogP contribution >= 0.6 is 0 Å². The predicted octanol–water partition coefficient (Wildman–Crippen LogP) is 0.691. The Hall–Kier alpha value is -1.36. The van der Waals surface area contributed by atoms with Crippen LogP contribution in [0.4, 0.5) is 5.82 Å². The second kappa shape index (κ2) is 3.59. The van der Waals surface area contributed by atoms with Crippen LogP contribution in [0.5, 0.6) is 5.75 Å². The first-order valence-electron chi connectivity index (χ1n) is 5.58. The van der Waals surface area contributed by atoms with Gasteiger partial charge in [-0.3, -0.25) is 0 Å². The summed E-state index contributed by atoms with van der Waals surface area (Å²) in [5.41, 5.74) is 0.916. The Morgan fingerprint density at radius 1 is 1.31 bits per heavy atom. The summed E-state index contributed by atoms with van der Waals surface area (Å²) >= 11 is 0. The lowest BCUT2D eigenvalue weighted by atomic mass is 10.2. The van der Waals surface area contributed by atoms with Crippen molar-refractivity contribution < 1.29 is 9.47 Å². The van der Waals surface area contributed by atoms with Crippen molar-refractivity contribution >= 4 is 5.82 Å². The number of anilines is 1. The molecule has 0 N–H and O–H groups in total. The molecule has 86 valence electrons. The minimum Gasteiger partial charge on any atom is -0.480 e. The van der Waals surface area contributed by atoms with E-state index in [1.807, 2.05) is 13.8 Å². The van der Waals surface area contributed by atoms with Gasteiger partial charge in [-0.1, -0.05) is 0 Å². The highest BCUT2D eigenvalue weighted by atomic mass is 16.5. The average Bonchev–Trinajstić information content (AvgIpc) is 2.43. The summed E-state index contributed by atoms with van der Waals surface area (Å²) in [4.78, 5) is 11.0. The number of ether oxygens (including phenoxy) is 2. The highest BCUT2D eigenvalue weighted by Gasteiger charge is 2.31. The van der Waals surface area contributed by atoms with Gasteiger partial charge in [0.25, 0.3) is 0 Å². The van der Waals surface area contributed by atoms with E-state index >= 15 is 0 Å². The molecule has 2 aliphatic heterocycles. The van der Waals surface area contributed by atoms with Crippen LogP contribution < -0.4 is 9.64 Å². The Balaban J connectivity index is 2.09. The van der Waals surface area contributed by atoms with Crippen molar-refractivity contribution in [3.05, 3.63) is 11.5 Å². The molecule has 2 aliphatic rings. The van der Waals surface area contributed by atoms with Crippen LogP contribution in [-0.4, -0.2) is 42.4 Å². The summed E-state index contributed by atoms with van der Waals surface area (Å²) in [5.74, 6) is 2.54. The van der Waals surface area contributed by atoms with E-state index in [1.165, 1.54) is 0 Å². The largest absolute Gasteiger partial charge is 0.480 e. The second-order valence-electron chi connectivity index (χ2n) is 4.27. The first-order chi connectivity index (χ1) is 7.74. The molecule has 0 aromatic carbocycles. The number of hydrogen-bond donors (Lipinski definition) is 0. The molecule has 5 heteroatoms. The molecule has 1 atom stereocenters. The quantitative estimate of drug-likeness (QED) is 0.645. The van der Waals surface area contributed by atoms with Crippen LogP contribution in [0.25, 0.3) is 0 Å². The van der Waals surface area contributed by atoms with Gasteiger partial charge >= 0.3 is 0 Å². The van der Waals surface area contributed by atoms with Gasteiger partial charge in [-0.05, 0) is 13.8 Å². The molecule has 1 saturated heterocycles. The molecule has 0 saturated carbocycles. The van der Waals surface area contributed by atoms with Crippen LogP contribution in [0.2, 0.25) is 0 Å². The monoisotopic (exact) mass is 221 g/mol. The molecule has 3 rings (SSSR count). The minimum absolute atomic E-state index is 0.111. The van der Waals surface area contributed by atoms with Gasteiger partial charge in [-0.15, -0.1) is 0 Å². The predicted molar refractivity (Wildman–Crippen MR) is 59.0 cm³/mol. The number of hydrogen-bond acceptors (Lipinski definition) is 5. The lowest BCUT2D eigenvalue weighted by Crippen LogP contribution is -2.41. The van der Waals surface area contributed by atoms with E-state index in [2.05, 4.69) is 14.9 Å². The molecule has 2 bridgehead atoms. The first kappa shape index (κ1) is 9.84. The smallest absolute Gasteiger partial charge is 0.183 e. The third-order valence-corrected chi connectivity index (χ3v) is 2.95. The molecule has 1 aromatic rings. The van der Waals surface area contributed by atoms with Gasteiger partial charge in [0.05, 0.1) is 25.5 Å². The van der Waals surface area contributed by atoms with Gasteiger partial charge in [-0.25, -0.2) is 9.97 Å². The van der Waals surface area contributed by atoms with Crippen LogP contribution in [0, 0.1) is 13.8 Å². The van der Waals surface area contributed by atoms with Crippen molar-refractivity contribution in [3.63, 3.8) is 0 Å². The third-order valence-electron chi connectivity index (χ3n) is 2.95. The van der Waals surface area contributed by atoms with Crippen LogP contribution in [0.3, 0.4) is 0 Å². The number of aryl methyl sites for hydroxylation is 2. The molecule has 0 radical (unpaired) electrons. The van der Waals surface area contributed by atoms with Gasteiger partial charge in [0, 0.05) is 6.54 Å². The van der Waals surface area contributed by atoms with Gasteiger partial charge in [0.2, 0.25) is 0 Å². The summed E-state index contributed by atoms with van der Waals surface area (Å²) in [6, 6.07) is 0. The Morgan fingerprint density at radius 2 is 2.19 bits per heavy atom. The van der Waals surface area contributed by atoms with Crippen molar-refractivity contribution in [2.24, 2.45) is 0 Å². The van der Waals surface area contributed by atoms with Gasteiger partial charge in [0.1, 0.15) is 11.9 Å². The van der Waals surface area contributed by atoms with E-state index in [0.717, 1.165) is 42.8 Å².